The maximum absolute atomic E-state index is 12.1. The zero-order chi connectivity index (χ0) is 19.1. The molecular weight excluding hydrogens is 406 g/mol. The Morgan fingerprint density at radius 3 is 2.19 bits per heavy atom. The first-order valence-electron chi connectivity index (χ1n) is 7.43. The van der Waals surface area contributed by atoms with Crippen LogP contribution in [0.25, 0.3) is 0 Å². The zero-order valence-corrected chi connectivity index (χ0v) is 15.7. The number of carbonyl (C=O) groups is 3. The third kappa shape index (κ3) is 5.06. The molecule has 1 N–H and O–H groups in total. The van der Waals surface area contributed by atoms with Gasteiger partial charge in [-0.05, 0) is 58.4 Å². The summed E-state index contributed by atoms with van der Waals surface area (Å²) in [5.41, 5.74) is 0.486. The number of ether oxygens (including phenoxy) is 3. The first-order valence-corrected chi connectivity index (χ1v) is 8.22. The molecule has 2 amide bonds. The normalized spacial score (nSPS) is 9.96. The van der Waals surface area contributed by atoms with Crippen molar-refractivity contribution >= 4 is 33.7 Å². The highest BCUT2D eigenvalue weighted by atomic mass is 79.9. The van der Waals surface area contributed by atoms with Crippen LogP contribution in [0.1, 0.15) is 20.7 Å². The van der Waals surface area contributed by atoms with Gasteiger partial charge >= 0.3 is 5.97 Å². The highest BCUT2D eigenvalue weighted by Gasteiger charge is 2.16. The average molecular weight is 422 g/mol. The van der Waals surface area contributed by atoms with Crippen molar-refractivity contribution in [1.29, 1.82) is 0 Å². The topological polar surface area (TPSA) is 90.9 Å². The van der Waals surface area contributed by atoms with Crippen LogP contribution in [0.15, 0.2) is 46.9 Å². The largest absolute Gasteiger partial charge is 0.497 e. The molecule has 0 saturated heterocycles. The van der Waals surface area contributed by atoms with E-state index in [0.717, 1.165) is 0 Å². The molecule has 2 aromatic rings. The lowest BCUT2D eigenvalue weighted by Gasteiger charge is -2.08. The van der Waals surface area contributed by atoms with Crippen molar-refractivity contribution in [2.45, 2.75) is 0 Å². The van der Waals surface area contributed by atoms with E-state index in [1.54, 1.807) is 24.3 Å². The summed E-state index contributed by atoms with van der Waals surface area (Å²) in [7, 11) is 2.98. The third-order valence-electron chi connectivity index (χ3n) is 3.33. The Kier molecular flexibility index (Phi) is 6.74. The Morgan fingerprint density at radius 1 is 0.962 bits per heavy atom. The lowest BCUT2D eigenvalue weighted by Crippen LogP contribution is -2.34. The summed E-state index contributed by atoms with van der Waals surface area (Å²) < 4.78 is 15.5. The lowest BCUT2D eigenvalue weighted by atomic mass is 10.2. The fourth-order valence-corrected chi connectivity index (χ4v) is 2.38. The Balaban J connectivity index is 1.91. The van der Waals surface area contributed by atoms with E-state index in [2.05, 4.69) is 21.2 Å². The minimum absolute atomic E-state index is 0.207. The Morgan fingerprint density at radius 2 is 1.58 bits per heavy atom. The number of rotatable bonds is 6. The van der Waals surface area contributed by atoms with E-state index >= 15 is 0 Å². The number of benzene rings is 2. The molecule has 136 valence electrons. The van der Waals surface area contributed by atoms with Crippen LogP contribution in [-0.2, 0) is 9.53 Å². The molecule has 8 heteroatoms. The molecule has 0 unspecified atom stereocenters. The quantitative estimate of drug-likeness (QED) is 0.720. The maximum Gasteiger partial charge on any atom is 0.339 e. The number of imide groups is 1. The van der Waals surface area contributed by atoms with Crippen LogP contribution in [0.3, 0.4) is 0 Å². The number of nitrogens with one attached hydrogen (secondary N) is 1. The van der Waals surface area contributed by atoms with Gasteiger partial charge in [0.2, 0.25) is 0 Å². The van der Waals surface area contributed by atoms with Crippen molar-refractivity contribution in [2.24, 2.45) is 0 Å². The second-order valence-corrected chi connectivity index (χ2v) is 5.88. The highest BCUT2D eigenvalue weighted by molar-refractivity contribution is 9.10. The standard InChI is InChI=1S/C18H16BrNO6/c1-24-12-5-3-11(4-6-12)17(22)20-16(21)10-26-18(23)14-9-13(25-2)7-8-15(14)19/h3-9H,10H2,1-2H3,(H,20,21,22). The fourth-order valence-electron chi connectivity index (χ4n) is 1.97. The van der Waals surface area contributed by atoms with Crippen LogP contribution in [-0.4, -0.2) is 38.6 Å². The molecule has 0 aliphatic heterocycles. The molecule has 0 fully saturated rings. The summed E-state index contributed by atoms with van der Waals surface area (Å²) in [5, 5.41) is 2.15. The number of amides is 2. The number of halogens is 1. The molecule has 0 radical (unpaired) electrons. The first kappa shape index (κ1) is 19.5. The molecule has 0 aliphatic rings. The smallest absolute Gasteiger partial charge is 0.339 e. The van der Waals surface area contributed by atoms with Crippen LogP contribution >= 0.6 is 15.9 Å². The molecular formula is C18H16BrNO6. The van der Waals surface area contributed by atoms with Crippen molar-refractivity contribution in [3.05, 3.63) is 58.1 Å². The molecule has 0 aromatic heterocycles. The van der Waals surface area contributed by atoms with Gasteiger partial charge in [0.15, 0.2) is 6.61 Å². The molecule has 2 rings (SSSR count). The lowest BCUT2D eigenvalue weighted by molar-refractivity contribution is -0.123. The summed E-state index contributed by atoms with van der Waals surface area (Å²) in [6.07, 6.45) is 0. The maximum atomic E-state index is 12.1. The molecule has 0 aliphatic carbocycles. The van der Waals surface area contributed by atoms with E-state index in [-0.39, 0.29) is 11.1 Å². The van der Waals surface area contributed by atoms with Crippen LogP contribution < -0.4 is 14.8 Å². The second kappa shape index (κ2) is 9.00. The minimum atomic E-state index is -0.738. The predicted molar refractivity (Wildman–Crippen MR) is 96.4 cm³/mol. The number of hydrogen-bond donors (Lipinski definition) is 1. The number of esters is 1. The Hall–Kier alpha value is -2.87. The van der Waals surface area contributed by atoms with Gasteiger partial charge in [-0.1, -0.05) is 0 Å². The van der Waals surface area contributed by atoms with Crippen molar-refractivity contribution in [3.8, 4) is 11.5 Å². The predicted octanol–water partition coefficient (Wildman–Crippen LogP) is 2.58. The van der Waals surface area contributed by atoms with Crippen molar-refractivity contribution < 1.29 is 28.6 Å². The monoisotopic (exact) mass is 421 g/mol. The number of hydrogen-bond acceptors (Lipinski definition) is 6. The molecule has 0 atom stereocenters. The molecule has 0 spiro atoms. The molecule has 0 heterocycles. The summed E-state index contributed by atoms with van der Waals surface area (Å²) in [4.78, 5) is 35.9. The molecule has 0 bridgehead atoms. The zero-order valence-electron chi connectivity index (χ0n) is 14.1. The van der Waals surface area contributed by atoms with Gasteiger partial charge < -0.3 is 14.2 Å². The van der Waals surface area contributed by atoms with Crippen molar-refractivity contribution in [1.82, 2.24) is 5.32 Å². The Bertz CT molecular complexity index is 819. The summed E-state index contributed by atoms with van der Waals surface area (Å²) in [6, 6.07) is 11.0. The van der Waals surface area contributed by atoms with E-state index in [9.17, 15) is 14.4 Å². The second-order valence-electron chi connectivity index (χ2n) is 5.03. The SMILES string of the molecule is COc1ccc(C(=O)NC(=O)COC(=O)c2cc(OC)ccc2Br)cc1. The van der Waals surface area contributed by atoms with E-state index in [4.69, 9.17) is 14.2 Å². The summed E-state index contributed by atoms with van der Waals surface area (Å²) >= 11 is 3.23. The fraction of sp³-hybridized carbons (Fsp3) is 0.167. The van der Waals surface area contributed by atoms with Gasteiger partial charge in [0.25, 0.3) is 11.8 Å². The van der Waals surface area contributed by atoms with Gasteiger partial charge in [-0.15, -0.1) is 0 Å². The van der Waals surface area contributed by atoms with Crippen LogP contribution in [0.2, 0.25) is 0 Å². The van der Waals surface area contributed by atoms with Gasteiger partial charge in [0, 0.05) is 10.0 Å². The van der Waals surface area contributed by atoms with Gasteiger partial charge in [0.1, 0.15) is 11.5 Å². The minimum Gasteiger partial charge on any atom is -0.497 e. The van der Waals surface area contributed by atoms with E-state index in [0.29, 0.717) is 16.0 Å². The average Bonchev–Trinajstić information content (AvgIpc) is 2.66. The Labute approximate surface area is 158 Å². The van der Waals surface area contributed by atoms with Gasteiger partial charge in [-0.2, -0.15) is 0 Å². The van der Waals surface area contributed by atoms with E-state index < -0.39 is 24.4 Å². The molecule has 2 aromatic carbocycles. The molecule has 26 heavy (non-hydrogen) atoms. The third-order valence-corrected chi connectivity index (χ3v) is 4.02. The van der Waals surface area contributed by atoms with E-state index in [1.165, 1.54) is 32.4 Å². The van der Waals surface area contributed by atoms with Gasteiger partial charge in [-0.3, -0.25) is 14.9 Å². The van der Waals surface area contributed by atoms with E-state index in [1.807, 2.05) is 0 Å². The molecule has 7 nitrogen and oxygen atoms in total. The highest BCUT2D eigenvalue weighted by Crippen LogP contribution is 2.23. The van der Waals surface area contributed by atoms with Gasteiger partial charge in [0.05, 0.1) is 19.8 Å². The first-order chi connectivity index (χ1) is 12.4. The molecule has 0 saturated carbocycles. The summed E-state index contributed by atoms with van der Waals surface area (Å²) in [6.45, 7) is -0.593. The van der Waals surface area contributed by atoms with Crippen LogP contribution in [0.5, 0.6) is 11.5 Å². The van der Waals surface area contributed by atoms with Crippen LogP contribution in [0, 0.1) is 0 Å². The number of methoxy groups -OCH3 is 2. The summed E-state index contributed by atoms with van der Waals surface area (Å²) in [5.74, 6) is -0.998. The van der Waals surface area contributed by atoms with Crippen LogP contribution in [0.4, 0.5) is 0 Å². The van der Waals surface area contributed by atoms with Crippen molar-refractivity contribution in [2.75, 3.05) is 20.8 Å². The van der Waals surface area contributed by atoms with Gasteiger partial charge in [-0.25, -0.2) is 4.79 Å². The number of carbonyl (C=O) groups excluding carboxylic acids is 3. The van der Waals surface area contributed by atoms with Crippen molar-refractivity contribution in [3.63, 3.8) is 0 Å².